The number of rotatable bonds is 0. The molecule has 1 heterocycles. The van der Waals surface area contributed by atoms with Crippen molar-refractivity contribution in [3.63, 3.8) is 0 Å². The van der Waals surface area contributed by atoms with E-state index in [1.54, 1.807) is 4.90 Å². The molecule has 1 aliphatic rings. The van der Waals surface area contributed by atoms with Crippen molar-refractivity contribution in [2.75, 3.05) is 26.2 Å². The third-order valence-corrected chi connectivity index (χ3v) is 2.24. The molecule has 1 unspecified atom stereocenters. The first-order valence-corrected chi connectivity index (χ1v) is 5.57. The number of ether oxygens (including phenoxy) is 1. The van der Waals surface area contributed by atoms with Crippen LogP contribution < -0.4 is 5.32 Å². The maximum atomic E-state index is 11.8. The Morgan fingerprint density at radius 2 is 2.13 bits per heavy atom. The summed E-state index contributed by atoms with van der Waals surface area (Å²) < 4.78 is 5.34. The Kier molecular flexibility index (Phi) is 3.97. The van der Waals surface area contributed by atoms with Crippen molar-refractivity contribution in [3.05, 3.63) is 0 Å². The van der Waals surface area contributed by atoms with Crippen molar-refractivity contribution in [1.29, 1.82) is 0 Å². The Bertz CT molecular complexity index is 223. The van der Waals surface area contributed by atoms with E-state index < -0.39 is 5.60 Å². The van der Waals surface area contributed by atoms with Gasteiger partial charge in [0, 0.05) is 19.6 Å². The molecule has 1 atom stereocenters. The molecule has 0 aromatic carbocycles. The molecule has 0 aromatic rings. The van der Waals surface area contributed by atoms with E-state index >= 15 is 0 Å². The minimum Gasteiger partial charge on any atom is -0.444 e. The lowest BCUT2D eigenvalue weighted by atomic mass is 10.2. The normalized spacial score (nSPS) is 23.5. The summed E-state index contributed by atoms with van der Waals surface area (Å²) in [7, 11) is 0. The SMILES string of the molecule is CC1CNCCN(C(=O)OC(C)(C)C)C1. The van der Waals surface area contributed by atoms with Gasteiger partial charge in [0.1, 0.15) is 5.60 Å². The van der Waals surface area contributed by atoms with Crippen LogP contribution in [-0.2, 0) is 4.74 Å². The van der Waals surface area contributed by atoms with Crippen molar-refractivity contribution in [3.8, 4) is 0 Å². The molecule has 1 amide bonds. The summed E-state index contributed by atoms with van der Waals surface area (Å²) in [6, 6.07) is 0. The molecule has 1 fully saturated rings. The van der Waals surface area contributed by atoms with Gasteiger partial charge in [0.2, 0.25) is 0 Å². The van der Waals surface area contributed by atoms with Crippen molar-refractivity contribution in [2.24, 2.45) is 5.92 Å². The van der Waals surface area contributed by atoms with Crippen LogP contribution in [0.1, 0.15) is 27.7 Å². The van der Waals surface area contributed by atoms with Crippen molar-refractivity contribution < 1.29 is 9.53 Å². The fraction of sp³-hybridized carbons (Fsp3) is 0.909. The first-order chi connectivity index (χ1) is 6.88. The molecule has 1 aliphatic heterocycles. The lowest BCUT2D eigenvalue weighted by molar-refractivity contribution is 0.0245. The third kappa shape index (κ3) is 4.51. The Morgan fingerprint density at radius 3 is 2.73 bits per heavy atom. The molecule has 0 radical (unpaired) electrons. The average Bonchev–Trinajstić information content (AvgIpc) is 2.26. The zero-order chi connectivity index (χ0) is 11.5. The quantitative estimate of drug-likeness (QED) is 0.664. The molecule has 0 aromatic heterocycles. The number of carbonyl (C=O) groups is 1. The van der Waals surface area contributed by atoms with Crippen LogP contribution >= 0.6 is 0 Å². The molecular formula is C11H22N2O2. The van der Waals surface area contributed by atoms with E-state index in [2.05, 4.69) is 12.2 Å². The minimum absolute atomic E-state index is 0.196. The maximum absolute atomic E-state index is 11.8. The van der Waals surface area contributed by atoms with E-state index in [1.165, 1.54) is 0 Å². The van der Waals surface area contributed by atoms with Crippen LogP contribution in [0.25, 0.3) is 0 Å². The van der Waals surface area contributed by atoms with E-state index in [4.69, 9.17) is 4.74 Å². The molecule has 0 bridgehead atoms. The monoisotopic (exact) mass is 214 g/mol. The molecular weight excluding hydrogens is 192 g/mol. The van der Waals surface area contributed by atoms with Crippen molar-refractivity contribution >= 4 is 6.09 Å². The van der Waals surface area contributed by atoms with E-state index in [1.807, 2.05) is 20.8 Å². The van der Waals surface area contributed by atoms with Gasteiger partial charge < -0.3 is 15.0 Å². The Labute approximate surface area is 92.0 Å². The van der Waals surface area contributed by atoms with Crippen LogP contribution in [0.15, 0.2) is 0 Å². The third-order valence-electron chi connectivity index (χ3n) is 2.24. The molecule has 0 saturated carbocycles. The van der Waals surface area contributed by atoms with Gasteiger partial charge in [-0.2, -0.15) is 0 Å². The van der Waals surface area contributed by atoms with Crippen LogP contribution in [-0.4, -0.2) is 42.8 Å². The van der Waals surface area contributed by atoms with Gasteiger partial charge >= 0.3 is 6.09 Å². The molecule has 1 saturated heterocycles. The van der Waals surface area contributed by atoms with E-state index in [9.17, 15) is 4.79 Å². The second kappa shape index (κ2) is 4.84. The first-order valence-electron chi connectivity index (χ1n) is 5.57. The molecule has 4 heteroatoms. The average molecular weight is 214 g/mol. The Morgan fingerprint density at radius 1 is 1.47 bits per heavy atom. The highest BCUT2D eigenvalue weighted by Crippen LogP contribution is 2.11. The number of nitrogens with one attached hydrogen (secondary N) is 1. The van der Waals surface area contributed by atoms with Crippen LogP contribution in [0.3, 0.4) is 0 Å². The van der Waals surface area contributed by atoms with Gasteiger partial charge in [-0.25, -0.2) is 4.79 Å². The van der Waals surface area contributed by atoms with Crippen LogP contribution in [0, 0.1) is 5.92 Å². The van der Waals surface area contributed by atoms with Gasteiger partial charge in [0.15, 0.2) is 0 Å². The number of nitrogens with zero attached hydrogens (tertiary/aromatic N) is 1. The van der Waals surface area contributed by atoms with E-state index in [0.717, 1.165) is 26.2 Å². The molecule has 0 spiro atoms. The maximum Gasteiger partial charge on any atom is 0.410 e. The number of hydrogen-bond acceptors (Lipinski definition) is 3. The lowest BCUT2D eigenvalue weighted by Gasteiger charge is -2.27. The van der Waals surface area contributed by atoms with Crippen molar-refractivity contribution in [2.45, 2.75) is 33.3 Å². The standard InChI is InChI=1S/C11H22N2O2/c1-9-7-12-5-6-13(8-9)10(14)15-11(2,3)4/h9,12H,5-8H2,1-4H3. The van der Waals surface area contributed by atoms with Crippen molar-refractivity contribution in [1.82, 2.24) is 10.2 Å². The number of amides is 1. The highest BCUT2D eigenvalue weighted by atomic mass is 16.6. The summed E-state index contributed by atoms with van der Waals surface area (Å²) in [5.41, 5.74) is -0.403. The second-order valence-corrected chi connectivity index (χ2v) is 5.24. The van der Waals surface area contributed by atoms with Gasteiger partial charge in [-0.05, 0) is 33.2 Å². The fourth-order valence-electron chi connectivity index (χ4n) is 1.59. The summed E-state index contributed by atoms with van der Waals surface area (Å²) in [5.74, 6) is 0.486. The van der Waals surface area contributed by atoms with Gasteiger partial charge in [0.25, 0.3) is 0 Å². The van der Waals surface area contributed by atoms with Crippen LogP contribution in [0.5, 0.6) is 0 Å². The summed E-state index contributed by atoms with van der Waals surface area (Å²) in [6.45, 7) is 11.2. The molecule has 1 rings (SSSR count). The van der Waals surface area contributed by atoms with E-state index in [0.29, 0.717) is 5.92 Å². The van der Waals surface area contributed by atoms with E-state index in [-0.39, 0.29) is 6.09 Å². The van der Waals surface area contributed by atoms with Gasteiger partial charge in [0.05, 0.1) is 0 Å². The van der Waals surface area contributed by atoms with Crippen LogP contribution in [0.2, 0.25) is 0 Å². The summed E-state index contributed by atoms with van der Waals surface area (Å²) in [6.07, 6.45) is -0.196. The Hall–Kier alpha value is -0.770. The smallest absolute Gasteiger partial charge is 0.410 e. The molecule has 4 nitrogen and oxygen atoms in total. The van der Waals surface area contributed by atoms with Gasteiger partial charge in [-0.15, -0.1) is 0 Å². The molecule has 0 aliphatic carbocycles. The fourth-order valence-corrected chi connectivity index (χ4v) is 1.59. The summed E-state index contributed by atoms with van der Waals surface area (Å²) >= 11 is 0. The molecule has 15 heavy (non-hydrogen) atoms. The van der Waals surface area contributed by atoms with Gasteiger partial charge in [-0.1, -0.05) is 6.92 Å². The zero-order valence-corrected chi connectivity index (χ0v) is 10.2. The first kappa shape index (κ1) is 12.3. The molecule has 1 N–H and O–H groups in total. The summed E-state index contributed by atoms with van der Waals surface area (Å²) in [4.78, 5) is 13.6. The minimum atomic E-state index is -0.403. The lowest BCUT2D eigenvalue weighted by Crippen LogP contribution is -2.39. The van der Waals surface area contributed by atoms with Gasteiger partial charge in [-0.3, -0.25) is 0 Å². The predicted molar refractivity (Wildman–Crippen MR) is 59.8 cm³/mol. The summed E-state index contributed by atoms with van der Waals surface area (Å²) in [5, 5.41) is 3.30. The predicted octanol–water partition coefficient (Wildman–Crippen LogP) is 1.46. The van der Waals surface area contributed by atoms with Crippen LogP contribution in [0.4, 0.5) is 4.79 Å². The highest BCUT2D eigenvalue weighted by Gasteiger charge is 2.24. The Balaban J connectivity index is 2.50. The highest BCUT2D eigenvalue weighted by molar-refractivity contribution is 5.68. The zero-order valence-electron chi connectivity index (χ0n) is 10.2. The molecule has 88 valence electrons. The topological polar surface area (TPSA) is 41.6 Å². The second-order valence-electron chi connectivity index (χ2n) is 5.24. The number of hydrogen-bond donors (Lipinski definition) is 1. The number of carbonyl (C=O) groups excluding carboxylic acids is 1. The largest absolute Gasteiger partial charge is 0.444 e.